The summed E-state index contributed by atoms with van der Waals surface area (Å²) >= 11 is 0. The van der Waals surface area contributed by atoms with Crippen LogP contribution < -0.4 is 5.56 Å². The Morgan fingerprint density at radius 1 is 0.968 bits per heavy atom. The highest BCUT2D eigenvalue weighted by Gasteiger charge is 2.17. The van der Waals surface area contributed by atoms with Crippen molar-refractivity contribution in [2.45, 2.75) is 45.3 Å². The van der Waals surface area contributed by atoms with Crippen molar-refractivity contribution in [2.75, 3.05) is 7.05 Å². The average molecular weight is 413 g/mol. The summed E-state index contributed by atoms with van der Waals surface area (Å²) in [5.41, 5.74) is 6.13. The molecule has 2 heterocycles. The van der Waals surface area contributed by atoms with Crippen molar-refractivity contribution in [3.63, 3.8) is 0 Å². The summed E-state index contributed by atoms with van der Waals surface area (Å²) in [4.78, 5) is 15.7. The van der Waals surface area contributed by atoms with Crippen molar-refractivity contribution >= 4 is 10.9 Å². The number of aryl methyl sites for hydroxylation is 4. The molecule has 0 fully saturated rings. The third-order valence-corrected chi connectivity index (χ3v) is 6.29. The van der Waals surface area contributed by atoms with Gasteiger partial charge in [-0.15, -0.1) is 0 Å². The van der Waals surface area contributed by atoms with E-state index in [1.54, 1.807) is 6.26 Å². The Balaban J connectivity index is 1.51. The molecule has 0 aliphatic heterocycles. The van der Waals surface area contributed by atoms with Gasteiger partial charge in [0.25, 0.3) is 5.56 Å². The Labute approximate surface area is 182 Å². The normalized spacial score (nSPS) is 13.2. The Morgan fingerprint density at radius 3 is 2.55 bits per heavy atom. The molecule has 5 rings (SSSR count). The monoisotopic (exact) mass is 412 g/mol. The molecule has 1 aliphatic carbocycles. The second-order valence-corrected chi connectivity index (χ2v) is 8.65. The van der Waals surface area contributed by atoms with Crippen LogP contribution in [0.1, 0.15) is 34.4 Å². The average Bonchev–Trinajstić information content (AvgIpc) is 3.45. The van der Waals surface area contributed by atoms with Gasteiger partial charge in [-0.05, 0) is 85.1 Å². The zero-order chi connectivity index (χ0) is 21.2. The lowest BCUT2D eigenvalue weighted by Gasteiger charge is -2.18. The smallest absolute Gasteiger partial charge is 0.255 e. The van der Waals surface area contributed by atoms with Gasteiger partial charge in [0.15, 0.2) is 0 Å². The summed E-state index contributed by atoms with van der Waals surface area (Å²) in [7, 11) is 2.03. The summed E-state index contributed by atoms with van der Waals surface area (Å²) in [5, 5.41) is 1.18. The van der Waals surface area contributed by atoms with E-state index in [2.05, 4.69) is 47.4 Å². The quantitative estimate of drug-likeness (QED) is 0.431. The van der Waals surface area contributed by atoms with Crippen LogP contribution in [0.4, 0.5) is 0 Å². The number of nitrogens with zero attached hydrogens (tertiary/aromatic N) is 2. The zero-order valence-corrected chi connectivity index (χ0v) is 18.0. The van der Waals surface area contributed by atoms with Crippen LogP contribution in [0.25, 0.3) is 10.9 Å². The predicted molar refractivity (Wildman–Crippen MR) is 124 cm³/mol. The third kappa shape index (κ3) is 4.21. The number of aromatic nitrogens is 1. The summed E-state index contributed by atoms with van der Waals surface area (Å²) in [6.07, 6.45) is 6.00. The fourth-order valence-corrected chi connectivity index (χ4v) is 4.75. The molecule has 0 saturated heterocycles. The minimum Gasteiger partial charge on any atom is -0.468 e. The van der Waals surface area contributed by atoms with Crippen LogP contribution in [0.3, 0.4) is 0 Å². The van der Waals surface area contributed by atoms with Crippen molar-refractivity contribution in [1.29, 1.82) is 0 Å². The molecule has 0 bridgehead atoms. The van der Waals surface area contributed by atoms with E-state index >= 15 is 0 Å². The molecular formula is C27H28N2O2. The molecule has 158 valence electrons. The molecule has 1 aliphatic rings. The van der Waals surface area contributed by atoms with Gasteiger partial charge >= 0.3 is 0 Å². The van der Waals surface area contributed by atoms with Crippen molar-refractivity contribution in [1.82, 2.24) is 9.47 Å². The molecule has 0 spiro atoms. The first-order valence-corrected chi connectivity index (χ1v) is 11.1. The number of furan rings is 1. The third-order valence-electron chi connectivity index (χ3n) is 6.29. The van der Waals surface area contributed by atoms with Gasteiger partial charge in [0.1, 0.15) is 5.76 Å². The second-order valence-electron chi connectivity index (χ2n) is 8.65. The van der Waals surface area contributed by atoms with Crippen LogP contribution in [0.2, 0.25) is 0 Å². The van der Waals surface area contributed by atoms with Crippen molar-refractivity contribution in [3.8, 4) is 0 Å². The van der Waals surface area contributed by atoms with Crippen LogP contribution >= 0.6 is 0 Å². The van der Waals surface area contributed by atoms with Crippen LogP contribution in [0.15, 0.2) is 76.1 Å². The lowest BCUT2D eigenvalue weighted by molar-refractivity contribution is 0.286. The van der Waals surface area contributed by atoms with Gasteiger partial charge in [-0.3, -0.25) is 9.69 Å². The minimum atomic E-state index is 0.118. The SMILES string of the molecule is CN(Cc1ccco1)Cc1cc2cc3c(cc2n(CCc2ccccc2)c1=O)CCC3. The van der Waals surface area contributed by atoms with Gasteiger partial charge in [-0.25, -0.2) is 0 Å². The molecule has 0 unspecified atom stereocenters. The van der Waals surface area contributed by atoms with Gasteiger partial charge in [-0.1, -0.05) is 30.3 Å². The first-order valence-electron chi connectivity index (χ1n) is 11.1. The van der Waals surface area contributed by atoms with E-state index in [0.717, 1.165) is 36.1 Å². The number of hydrogen-bond acceptors (Lipinski definition) is 3. The lowest BCUT2D eigenvalue weighted by Crippen LogP contribution is -2.29. The van der Waals surface area contributed by atoms with Crippen molar-refractivity contribution < 1.29 is 4.42 Å². The summed E-state index contributed by atoms with van der Waals surface area (Å²) in [6, 6.07) is 21.0. The molecular weight excluding hydrogens is 384 g/mol. The number of rotatable bonds is 7. The zero-order valence-electron chi connectivity index (χ0n) is 18.0. The van der Waals surface area contributed by atoms with Crippen LogP contribution in [-0.2, 0) is 38.9 Å². The molecule has 2 aromatic heterocycles. The Morgan fingerprint density at radius 2 is 1.77 bits per heavy atom. The van der Waals surface area contributed by atoms with E-state index in [1.165, 1.54) is 28.5 Å². The van der Waals surface area contributed by atoms with Gasteiger partial charge in [-0.2, -0.15) is 0 Å². The van der Waals surface area contributed by atoms with Crippen LogP contribution in [0, 0.1) is 0 Å². The van der Waals surface area contributed by atoms with Gasteiger partial charge in [0, 0.05) is 18.7 Å². The Bertz CT molecular complexity index is 1240. The molecule has 0 saturated carbocycles. The van der Waals surface area contributed by atoms with E-state index in [9.17, 15) is 4.79 Å². The maximum absolute atomic E-state index is 13.6. The van der Waals surface area contributed by atoms with Gasteiger partial charge in [0.2, 0.25) is 0 Å². The number of hydrogen-bond donors (Lipinski definition) is 0. The maximum Gasteiger partial charge on any atom is 0.255 e. The lowest BCUT2D eigenvalue weighted by atomic mass is 10.0. The predicted octanol–water partition coefficient (Wildman–Crippen LogP) is 4.96. The van der Waals surface area contributed by atoms with Crippen LogP contribution in [-0.4, -0.2) is 16.5 Å². The first-order chi connectivity index (χ1) is 15.2. The summed E-state index contributed by atoms with van der Waals surface area (Å²) in [6.45, 7) is 1.96. The molecule has 0 radical (unpaired) electrons. The number of fused-ring (bicyclic) bond motifs is 2. The highest BCUT2D eigenvalue weighted by Crippen LogP contribution is 2.27. The van der Waals surface area contributed by atoms with E-state index in [1.807, 2.05) is 29.8 Å². The van der Waals surface area contributed by atoms with Crippen molar-refractivity contribution in [3.05, 3.63) is 105 Å². The summed E-state index contributed by atoms with van der Waals surface area (Å²) in [5.74, 6) is 0.908. The van der Waals surface area contributed by atoms with E-state index in [4.69, 9.17) is 4.42 Å². The molecule has 4 nitrogen and oxygen atoms in total. The summed E-state index contributed by atoms with van der Waals surface area (Å²) < 4.78 is 7.48. The molecule has 4 heteroatoms. The molecule has 0 amide bonds. The molecule has 4 aromatic rings. The molecule has 0 N–H and O–H groups in total. The maximum atomic E-state index is 13.6. The van der Waals surface area contributed by atoms with Gasteiger partial charge < -0.3 is 8.98 Å². The standard InChI is InChI=1S/C27H28N2O2/c1-28(19-25-11-6-14-31-25)18-24-16-23-15-21-9-5-10-22(21)17-26(23)29(27(24)30)13-12-20-7-3-2-4-8-20/h2-4,6-8,11,14-17H,5,9-10,12-13,18-19H2,1H3. The Kier molecular flexibility index (Phi) is 5.47. The van der Waals surface area contributed by atoms with E-state index in [-0.39, 0.29) is 5.56 Å². The van der Waals surface area contributed by atoms with Crippen molar-refractivity contribution in [2.24, 2.45) is 0 Å². The van der Waals surface area contributed by atoms with E-state index < -0.39 is 0 Å². The Hall–Kier alpha value is -3.11. The van der Waals surface area contributed by atoms with Gasteiger partial charge in [0.05, 0.1) is 18.3 Å². The van der Waals surface area contributed by atoms with Crippen LogP contribution in [0.5, 0.6) is 0 Å². The fraction of sp³-hybridized carbons (Fsp3) is 0.296. The largest absolute Gasteiger partial charge is 0.468 e. The molecule has 0 atom stereocenters. The highest BCUT2D eigenvalue weighted by atomic mass is 16.3. The second kappa shape index (κ2) is 8.56. The molecule has 31 heavy (non-hydrogen) atoms. The first kappa shape index (κ1) is 19.8. The minimum absolute atomic E-state index is 0.118. The fourth-order valence-electron chi connectivity index (χ4n) is 4.75. The molecule has 2 aromatic carbocycles. The van der Waals surface area contributed by atoms with E-state index in [0.29, 0.717) is 19.6 Å². The number of pyridine rings is 1. The number of benzene rings is 2. The topological polar surface area (TPSA) is 38.4 Å². The highest BCUT2D eigenvalue weighted by molar-refractivity contribution is 5.82.